The van der Waals surface area contributed by atoms with Crippen molar-refractivity contribution in [3.05, 3.63) is 69.8 Å². The highest BCUT2D eigenvalue weighted by atomic mass is 35.5. The Morgan fingerprint density at radius 1 is 1.17 bits per heavy atom. The molecule has 3 rings (SSSR count). The molecular formula is C17H15ClN4OS. The largest absolute Gasteiger partial charge is 0.347 e. The van der Waals surface area contributed by atoms with Gasteiger partial charge in [-0.1, -0.05) is 29.8 Å². The van der Waals surface area contributed by atoms with Crippen molar-refractivity contribution < 1.29 is 4.79 Å². The monoisotopic (exact) mass is 358 g/mol. The molecule has 3 aromatic rings. The van der Waals surface area contributed by atoms with Gasteiger partial charge in [-0.15, -0.1) is 11.3 Å². The van der Waals surface area contributed by atoms with Crippen molar-refractivity contribution in [1.82, 2.24) is 15.3 Å². The van der Waals surface area contributed by atoms with Crippen molar-refractivity contribution in [3.63, 3.8) is 0 Å². The van der Waals surface area contributed by atoms with Gasteiger partial charge in [0.25, 0.3) is 5.91 Å². The number of aromatic nitrogens is 2. The van der Waals surface area contributed by atoms with Crippen LogP contribution < -0.4 is 10.6 Å². The van der Waals surface area contributed by atoms with E-state index in [9.17, 15) is 4.79 Å². The van der Waals surface area contributed by atoms with Crippen LogP contribution in [0.2, 0.25) is 5.02 Å². The second-order valence-corrected chi connectivity index (χ2v) is 6.43. The van der Waals surface area contributed by atoms with Crippen molar-refractivity contribution >= 4 is 39.8 Å². The van der Waals surface area contributed by atoms with E-state index in [1.165, 1.54) is 11.3 Å². The lowest BCUT2D eigenvalue weighted by Gasteiger charge is -2.04. The number of pyridine rings is 1. The van der Waals surface area contributed by atoms with Gasteiger partial charge in [-0.25, -0.2) is 9.97 Å². The highest BCUT2D eigenvalue weighted by molar-refractivity contribution is 7.14. The molecule has 7 heteroatoms. The first kappa shape index (κ1) is 16.4. The lowest BCUT2D eigenvalue weighted by Crippen LogP contribution is -2.23. The van der Waals surface area contributed by atoms with Crippen LogP contribution in [0.1, 0.15) is 21.7 Å². The Morgan fingerprint density at radius 3 is 2.71 bits per heavy atom. The molecule has 1 aromatic carbocycles. The molecule has 0 bridgehead atoms. The first-order valence-corrected chi connectivity index (χ1v) is 8.55. The molecule has 0 aliphatic heterocycles. The Morgan fingerprint density at radius 2 is 1.96 bits per heavy atom. The van der Waals surface area contributed by atoms with Crippen LogP contribution in [0, 0.1) is 6.92 Å². The van der Waals surface area contributed by atoms with E-state index in [4.69, 9.17) is 11.6 Å². The normalized spacial score (nSPS) is 10.4. The van der Waals surface area contributed by atoms with Crippen LogP contribution in [0.5, 0.6) is 0 Å². The number of carbonyl (C=O) groups excluding carboxylic acids is 1. The van der Waals surface area contributed by atoms with E-state index in [2.05, 4.69) is 20.6 Å². The minimum Gasteiger partial charge on any atom is -0.347 e. The first-order valence-electron chi connectivity index (χ1n) is 7.29. The van der Waals surface area contributed by atoms with E-state index < -0.39 is 0 Å². The van der Waals surface area contributed by atoms with Gasteiger partial charge in [0.05, 0.1) is 0 Å². The summed E-state index contributed by atoms with van der Waals surface area (Å²) in [5, 5.41) is 8.96. The number of halogens is 1. The van der Waals surface area contributed by atoms with Gasteiger partial charge in [-0.05, 0) is 36.8 Å². The number of rotatable bonds is 5. The van der Waals surface area contributed by atoms with Gasteiger partial charge < -0.3 is 10.6 Å². The molecule has 0 aliphatic rings. The second-order valence-electron chi connectivity index (χ2n) is 5.14. The fraction of sp³-hybridized carbons (Fsp3) is 0.118. The Kier molecular flexibility index (Phi) is 5.08. The van der Waals surface area contributed by atoms with Crippen LogP contribution in [0.15, 0.2) is 47.8 Å². The van der Waals surface area contributed by atoms with Gasteiger partial charge in [0.15, 0.2) is 5.13 Å². The van der Waals surface area contributed by atoms with Crippen molar-refractivity contribution in [2.75, 3.05) is 5.32 Å². The summed E-state index contributed by atoms with van der Waals surface area (Å²) >= 11 is 7.20. The number of thiazole rings is 1. The fourth-order valence-corrected chi connectivity index (χ4v) is 2.86. The smallest absolute Gasteiger partial charge is 0.271 e. The van der Waals surface area contributed by atoms with Crippen LogP contribution in [0.3, 0.4) is 0 Å². The van der Waals surface area contributed by atoms with Crippen LogP contribution in [-0.2, 0) is 6.54 Å². The zero-order valence-corrected chi connectivity index (χ0v) is 14.5. The first-order chi connectivity index (χ1) is 11.6. The average Bonchev–Trinajstić information content (AvgIpc) is 3.03. The van der Waals surface area contributed by atoms with Crippen molar-refractivity contribution in [3.8, 4) is 0 Å². The number of benzene rings is 1. The zero-order valence-electron chi connectivity index (χ0n) is 12.9. The molecule has 0 atom stereocenters. The van der Waals surface area contributed by atoms with Gasteiger partial charge in [-0.2, -0.15) is 0 Å². The molecule has 1 amide bonds. The lowest BCUT2D eigenvalue weighted by molar-refractivity contribution is 0.0946. The minimum atomic E-state index is -0.216. The molecule has 5 nitrogen and oxygen atoms in total. The molecule has 0 fully saturated rings. The summed E-state index contributed by atoms with van der Waals surface area (Å²) in [4.78, 5) is 20.8. The molecule has 2 aromatic heterocycles. The van der Waals surface area contributed by atoms with Gasteiger partial charge in [0, 0.05) is 22.6 Å². The average molecular weight is 359 g/mol. The lowest BCUT2D eigenvalue weighted by atomic mass is 10.2. The number of nitrogens with one attached hydrogen (secondary N) is 2. The van der Waals surface area contributed by atoms with Crippen LogP contribution in [0.4, 0.5) is 10.9 Å². The van der Waals surface area contributed by atoms with Crippen LogP contribution >= 0.6 is 22.9 Å². The van der Waals surface area contributed by atoms with Crippen molar-refractivity contribution in [1.29, 1.82) is 0 Å². The summed E-state index contributed by atoms with van der Waals surface area (Å²) in [6.07, 6.45) is 0. The van der Waals surface area contributed by atoms with E-state index in [0.717, 1.165) is 11.3 Å². The van der Waals surface area contributed by atoms with Gasteiger partial charge in [0.2, 0.25) is 0 Å². The fourth-order valence-electron chi connectivity index (χ4n) is 2.03. The molecule has 122 valence electrons. The quantitative estimate of drug-likeness (QED) is 0.718. The van der Waals surface area contributed by atoms with Gasteiger partial charge in [-0.3, -0.25) is 4.79 Å². The second kappa shape index (κ2) is 7.42. The number of carbonyl (C=O) groups is 1. The maximum absolute atomic E-state index is 12.2. The molecule has 0 radical (unpaired) electrons. The highest BCUT2D eigenvalue weighted by Crippen LogP contribution is 2.20. The van der Waals surface area contributed by atoms with Gasteiger partial charge in [0.1, 0.15) is 11.5 Å². The summed E-state index contributed by atoms with van der Waals surface area (Å²) in [5.41, 5.74) is 2.27. The predicted octanol–water partition coefficient (Wildman–Crippen LogP) is 4.17. The summed E-state index contributed by atoms with van der Waals surface area (Å²) in [5.74, 6) is 0.490. The number of nitrogens with zero attached hydrogens (tertiary/aromatic N) is 2. The third kappa shape index (κ3) is 4.31. The predicted molar refractivity (Wildman–Crippen MR) is 97.0 cm³/mol. The summed E-state index contributed by atoms with van der Waals surface area (Å²) in [6, 6.07) is 13.0. The summed E-state index contributed by atoms with van der Waals surface area (Å²) < 4.78 is 0. The summed E-state index contributed by atoms with van der Waals surface area (Å²) in [7, 11) is 0. The van der Waals surface area contributed by atoms with E-state index in [1.54, 1.807) is 17.5 Å². The summed E-state index contributed by atoms with van der Waals surface area (Å²) in [6.45, 7) is 2.35. The van der Waals surface area contributed by atoms with E-state index in [-0.39, 0.29) is 5.91 Å². The molecule has 0 unspecified atom stereocenters. The maximum Gasteiger partial charge on any atom is 0.271 e. The molecule has 0 spiro atoms. The number of amides is 1. The van der Waals surface area contributed by atoms with Crippen molar-refractivity contribution in [2.45, 2.75) is 13.5 Å². The Labute approximate surface area is 148 Å². The van der Waals surface area contributed by atoms with Crippen LogP contribution in [0.25, 0.3) is 0 Å². The number of anilines is 2. The maximum atomic E-state index is 12.2. The Hall–Kier alpha value is -2.44. The zero-order chi connectivity index (χ0) is 16.9. The Balaban J connectivity index is 1.60. The molecule has 0 aliphatic carbocycles. The number of hydrogen-bond acceptors (Lipinski definition) is 5. The van der Waals surface area contributed by atoms with E-state index in [1.807, 2.05) is 37.3 Å². The molecule has 0 saturated carbocycles. The third-order valence-electron chi connectivity index (χ3n) is 3.23. The van der Waals surface area contributed by atoms with Crippen LogP contribution in [-0.4, -0.2) is 15.9 Å². The minimum absolute atomic E-state index is 0.216. The molecule has 2 heterocycles. The molecule has 0 saturated heterocycles. The SMILES string of the molecule is Cc1cccc(Nc2nc(C(=O)NCc3ccc(Cl)cc3)cs2)n1. The standard InChI is InChI=1S/C17H15ClN4OS/c1-11-3-2-4-15(20-11)22-17-21-14(10-24-17)16(23)19-9-12-5-7-13(18)8-6-12/h2-8,10H,9H2,1H3,(H,19,23)(H,20,21,22). The number of aryl methyl sites for hydroxylation is 1. The third-order valence-corrected chi connectivity index (χ3v) is 4.24. The molecule has 2 N–H and O–H groups in total. The molecule has 24 heavy (non-hydrogen) atoms. The topological polar surface area (TPSA) is 66.9 Å². The van der Waals surface area contributed by atoms with Crippen molar-refractivity contribution in [2.24, 2.45) is 0 Å². The Bertz CT molecular complexity index is 848. The van der Waals surface area contributed by atoms with E-state index in [0.29, 0.717) is 28.2 Å². The number of hydrogen-bond donors (Lipinski definition) is 2. The molecular weight excluding hydrogens is 344 g/mol. The van der Waals surface area contributed by atoms with Gasteiger partial charge >= 0.3 is 0 Å². The highest BCUT2D eigenvalue weighted by Gasteiger charge is 2.11. The van der Waals surface area contributed by atoms with E-state index >= 15 is 0 Å².